The Labute approximate surface area is 117 Å². The summed E-state index contributed by atoms with van der Waals surface area (Å²) in [5.74, 6) is 0.384. The number of halogens is 3. The van der Waals surface area contributed by atoms with Gasteiger partial charge in [0, 0.05) is 16.4 Å². The highest BCUT2D eigenvalue weighted by atomic mass is 79.9. The number of pyridine rings is 1. The molecule has 1 heterocycles. The average Bonchev–Trinajstić information content (AvgIpc) is 2.27. The molecule has 1 aromatic carbocycles. The summed E-state index contributed by atoms with van der Waals surface area (Å²) in [5, 5.41) is 1.38. The first-order valence-electron chi connectivity index (χ1n) is 4.83. The third-order valence-corrected chi connectivity index (χ3v) is 3.97. The highest BCUT2D eigenvalue weighted by Crippen LogP contribution is 2.28. The smallest absolute Gasteiger partial charge is 0.124 e. The fourth-order valence-electron chi connectivity index (χ4n) is 1.32. The van der Waals surface area contributed by atoms with Gasteiger partial charge in [0.15, 0.2) is 0 Å². The summed E-state index contributed by atoms with van der Waals surface area (Å²) in [6.45, 7) is 0. The van der Waals surface area contributed by atoms with Gasteiger partial charge >= 0.3 is 0 Å². The normalized spacial score (nSPS) is 10.5. The van der Waals surface area contributed by atoms with Gasteiger partial charge in [0.25, 0.3) is 0 Å². The van der Waals surface area contributed by atoms with Crippen molar-refractivity contribution >= 4 is 39.3 Å². The Morgan fingerprint density at radius 2 is 2.18 bits per heavy atom. The number of nitrogens with zero attached hydrogens (tertiary/aromatic N) is 1. The SMILES string of the molecule is Fc1cc(Br)cc(CSc2ncccc2Cl)c1. The maximum atomic E-state index is 13.2. The lowest BCUT2D eigenvalue weighted by molar-refractivity contribution is 0.625. The maximum Gasteiger partial charge on any atom is 0.124 e. The molecular weight excluding hydrogens is 325 g/mol. The Morgan fingerprint density at radius 1 is 1.35 bits per heavy atom. The van der Waals surface area contributed by atoms with Gasteiger partial charge in [-0.3, -0.25) is 0 Å². The molecule has 0 N–H and O–H groups in total. The molecule has 0 radical (unpaired) electrons. The van der Waals surface area contributed by atoms with Crippen molar-refractivity contribution in [2.45, 2.75) is 10.8 Å². The molecule has 0 atom stereocenters. The summed E-state index contributed by atoms with van der Waals surface area (Å²) in [4.78, 5) is 4.16. The van der Waals surface area contributed by atoms with Crippen molar-refractivity contribution < 1.29 is 4.39 Å². The van der Waals surface area contributed by atoms with E-state index in [1.807, 2.05) is 6.07 Å². The van der Waals surface area contributed by atoms with Gasteiger partial charge in [-0.1, -0.05) is 27.5 Å². The monoisotopic (exact) mass is 331 g/mol. The van der Waals surface area contributed by atoms with Gasteiger partial charge in [-0.2, -0.15) is 0 Å². The molecule has 88 valence electrons. The number of aromatic nitrogens is 1. The quantitative estimate of drug-likeness (QED) is 0.739. The molecule has 2 rings (SSSR count). The minimum absolute atomic E-state index is 0.248. The maximum absolute atomic E-state index is 13.2. The predicted octanol–water partition coefficient (Wildman–Crippen LogP) is 4.93. The average molecular weight is 333 g/mol. The van der Waals surface area contributed by atoms with E-state index in [-0.39, 0.29) is 5.82 Å². The Balaban J connectivity index is 2.10. The van der Waals surface area contributed by atoms with Crippen molar-refractivity contribution in [2.24, 2.45) is 0 Å². The summed E-state index contributed by atoms with van der Waals surface area (Å²) in [7, 11) is 0. The summed E-state index contributed by atoms with van der Waals surface area (Å²) in [6, 6.07) is 8.40. The van der Waals surface area contributed by atoms with Gasteiger partial charge in [0.1, 0.15) is 10.8 Å². The third kappa shape index (κ3) is 3.69. The van der Waals surface area contributed by atoms with Crippen LogP contribution < -0.4 is 0 Å². The van der Waals surface area contributed by atoms with Crippen molar-refractivity contribution in [3.8, 4) is 0 Å². The third-order valence-electron chi connectivity index (χ3n) is 2.02. The van der Waals surface area contributed by atoms with Crippen LogP contribution in [0.15, 0.2) is 46.0 Å². The first kappa shape index (κ1) is 12.9. The molecule has 1 aromatic heterocycles. The largest absolute Gasteiger partial charge is 0.248 e. The predicted molar refractivity (Wildman–Crippen MR) is 72.9 cm³/mol. The van der Waals surface area contributed by atoms with Crippen LogP contribution in [0.25, 0.3) is 0 Å². The number of hydrogen-bond donors (Lipinski definition) is 0. The standard InChI is InChI=1S/C12H8BrClFNS/c13-9-4-8(5-10(15)6-9)7-17-12-11(14)2-1-3-16-12/h1-6H,7H2. The molecule has 0 bridgehead atoms. The molecule has 0 amide bonds. The number of thioether (sulfide) groups is 1. The molecule has 1 nitrogen and oxygen atoms in total. The van der Waals surface area contributed by atoms with Crippen LogP contribution in [0.5, 0.6) is 0 Å². The van der Waals surface area contributed by atoms with Crippen molar-refractivity contribution in [3.05, 3.63) is 57.4 Å². The Hall–Kier alpha value is -0.580. The molecule has 0 aliphatic rings. The summed E-state index contributed by atoms with van der Waals surface area (Å²) in [5.41, 5.74) is 0.892. The van der Waals surface area contributed by atoms with Crippen LogP contribution >= 0.6 is 39.3 Å². The van der Waals surface area contributed by atoms with Gasteiger partial charge in [-0.15, -0.1) is 11.8 Å². The van der Waals surface area contributed by atoms with Gasteiger partial charge in [0.2, 0.25) is 0 Å². The number of benzene rings is 1. The van der Waals surface area contributed by atoms with Crippen molar-refractivity contribution in [2.75, 3.05) is 0 Å². The van der Waals surface area contributed by atoms with Crippen LogP contribution in [0.4, 0.5) is 4.39 Å². The van der Waals surface area contributed by atoms with E-state index >= 15 is 0 Å². The first-order valence-corrected chi connectivity index (χ1v) is 6.99. The van der Waals surface area contributed by atoms with Crippen LogP contribution in [-0.4, -0.2) is 4.98 Å². The lowest BCUT2D eigenvalue weighted by Crippen LogP contribution is -1.86. The van der Waals surface area contributed by atoms with Crippen LogP contribution in [0, 0.1) is 5.82 Å². The van der Waals surface area contributed by atoms with Crippen LogP contribution in [0.3, 0.4) is 0 Å². The molecule has 0 unspecified atom stereocenters. The van der Waals surface area contributed by atoms with Crippen LogP contribution in [0.1, 0.15) is 5.56 Å². The minimum Gasteiger partial charge on any atom is -0.248 e. The lowest BCUT2D eigenvalue weighted by Gasteiger charge is -2.04. The van der Waals surface area contributed by atoms with Crippen molar-refractivity contribution in [1.29, 1.82) is 0 Å². The molecule has 0 aliphatic carbocycles. The number of rotatable bonds is 3. The second-order valence-electron chi connectivity index (χ2n) is 3.36. The highest BCUT2D eigenvalue weighted by molar-refractivity contribution is 9.10. The molecule has 17 heavy (non-hydrogen) atoms. The van der Waals surface area contributed by atoms with Crippen molar-refractivity contribution in [3.63, 3.8) is 0 Å². The molecule has 5 heteroatoms. The van der Waals surface area contributed by atoms with E-state index in [1.165, 1.54) is 23.9 Å². The topological polar surface area (TPSA) is 12.9 Å². The van der Waals surface area contributed by atoms with E-state index < -0.39 is 0 Å². The van der Waals surface area contributed by atoms with E-state index in [2.05, 4.69) is 20.9 Å². The van der Waals surface area contributed by atoms with E-state index in [0.717, 1.165) is 15.1 Å². The van der Waals surface area contributed by atoms with Gasteiger partial charge in [0.05, 0.1) is 5.02 Å². The summed E-state index contributed by atoms with van der Waals surface area (Å²) in [6.07, 6.45) is 1.69. The molecule has 0 fully saturated rings. The fraction of sp³-hybridized carbons (Fsp3) is 0.0833. The van der Waals surface area contributed by atoms with Gasteiger partial charge in [-0.25, -0.2) is 9.37 Å². The fourth-order valence-corrected chi connectivity index (χ4v) is 2.93. The molecule has 2 aromatic rings. The first-order chi connectivity index (χ1) is 8.15. The number of hydrogen-bond acceptors (Lipinski definition) is 2. The van der Waals surface area contributed by atoms with Gasteiger partial charge in [-0.05, 0) is 35.9 Å². The van der Waals surface area contributed by atoms with Crippen LogP contribution in [0.2, 0.25) is 5.02 Å². The zero-order valence-electron chi connectivity index (χ0n) is 8.66. The summed E-state index contributed by atoms with van der Waals surface area (Å²) >= 11 is 10.7. The summed E-state index contributed by atoms with van der Waals surface area (Å²) < 4.78 is 13.9. The zero-order chi connectivity index (χ0) is 12.3. The van der Waals surface area contributed by atoms with Crippen molar-refractivity contribution in [1.82, 2.24) is 4.98 Å². The Morgan fingerprint density at radius 3 is 2.88 bits per heavy atom. The Bertz CT molecular complexity index is 515. The van der Waals surface area contributed by atoms with Gasteiger partial charge < -0.3 is 0 Å². The molecule has 0 spiro atoms. The zero-order valence-corrected chi connectivity index (χ0v) is 11.8. The van der Waals surface area contributed by atoms with Crippen LogP contribution in [-0.2, 0) is 5.75 Å². The highest BCUT2D eigenvalue weighted by Gasteiger charge is 2.04. The minimum atomic E-state index is -0.248. The lowest BCUT2D eigenvalue weighted by atomic mass is 10.2. The Kier molecular flexibility index (Phi) is 4.42. The van der Waals surface area contributed by atoms with E-state index in [0.29, 0.717) is 10.8 Å². The second kappa shape index (κ2) is 5.85. The van der Waals surface area contributed by atoms with E-state index in [4.69, 9.17) is 11.6 Å². The molecule has 0 saturated carbocycles. The second-order valence-corrected chi connectivity index (χ2v) is 5.64. The van der Waals surface area contributed by atoms with E-state index in [9.17, 15) is 4.39 Å². The molecule has 0 aliphatic heterocycles. The molecular formula is C12H8BrClFNS. The molecule has 0 saturated heterocycles. The van der Waals surface area contributed by atoms with E-state index in [1.54, 1.807) is 18.3 Å².